The van der Waals surface area contributed by atoms with E-state index in [1.165, 1.54) is 70.5 Å². The Morgan fingerprint density at radius 2 is 1.72 bits per heavy atom. The summed E-state index contributed by atoms with van der Waals surface area (Å²) in [5.41, 5.74) is 3.10. The van der Waals surface area contributed by atoms with Crippen molar-refractivity contribution in [3.05, 3.63) is 48.0 Å². The lowest BCUT2D eigenvalue weighted by molar-refractivity contribution is -0.0778. The van der Waals surface area contributed by atoms with Crippen LogP contribution in [-0.4, -0.2) is 70.6 Å². The van der Waals surface area contributed by atoms with Gasteiger partial charge in [-0.15, -0.1) is 0 Å². The second kappa shape index (κ2) is 8.07. The first-order chi connectivity index (χ1) is 15.6. The number of rotatable bonds is 5. The Morgan fingerprint density at radius 3 is 2.50 bits per heavy atom. The molecule has 4 fully saturated rings. The fourth-order valence-electron chi connectivity index (χ4n) is 6.77. The van der Waals surface area contributed by atoms with Crippen LogP contribution in [0.2, 0.25) is 0 Å². The van der Waals surface area contributed by atoms with E-state index in [1.807, 2.05) is 18.5 Å². The second-order valence-corrected chi connectivity index (χ2v) is 11.0. The van der Waals surface area contributed by atoms with Crippen LogP contribution < -0.4 is 4.90 Å². The molecule has 3 aliphatic heterocycles. The molecule has 0 amide bonds. The summed E-state index contributed by atoms with van der Waals surface area (Å²) in [5, 5.41) is 0. The van der Waals surface area contributed by atoms with E-state index < -0.39 is 0 Å². The van der Waals surface area contributed by atoms with Crippen LogP contribution in [-0.2, 0) is 6.54 Å². The lowest BCUT2D eigenvalue weighted by Crippen LogP contribution is -2.64. The first-order valence-corrected chi connectivity index (χ1v) is 12.5. The molecule has 6 rings (SSSR count). The van der Waals surface area contributed by atoms with Gasteiger partial charge in [-0.25, -0.2) is 9.97 Å². The van der Waals surface area contributed by atoms with Crippen LogP contribution in [0.4, 0.5) is 5.95 Å². The summed E-state index contributed by atoms with van der Waals surface area (Å²) < 4.78 is 0. The Balaban J connectivity index is 1.20. The van der Waals surface area contributed by atoms with Gasteiger partial charge in [-0.3, -0.25) is 9.88 Å². The molecule has 2 aromatic heterocycles. The number of pyridine rings is 1. The van der Waals surface area contributed by atoms with Gasteiger partial charge in [0.05, 0.1) is 5.69 Å². The maximum atomic E-state index is 4.76. The Labute approximate surface area is 192 Å². The summed E-state index contributed by atoms with van der Waals surface area (Å²) in [5.74, 6) is 1.90. The smallest absolute Gasteiger partial charge is 0.225 e. The van der Waals surface area contributed by atoms with E-state index in [4.69, 9.17) is 4.98 Å². The molecular weight excluding hydrogens is 396 g/mol. The predicted octanol–water partition coefficient (Wildman–Crippen LogP) is 3.38. The highest BCUT2D eigenvalue weighted by Crippen LogP contribution is 2.58. The minimum atomic E-state index is 0.376. The zero-order valence-electron chi connectivity index (χ0n) is 19.4. The Bertz CT molecular complexity index is 938. The maximum absolute atomic E-state index is 4.76. The van der Waals surface area contributed by atoms with Crippen LogP contribution in [0.3, 0.4) is 0 Å². The van der Waals surface area contributed by atoms with Crippen LogP contribution in [0.15, 0.2) is 36.7 Å². The molecule has 32 heavy (non-hydrogen) atoms. The molecule has 0 N–H and O–H groups in total. The van der Waals surface area contributed by atoms with Crippen LogP contribution in [0.1, 0.15) is 43.5 Å². The van der Waals surface area contributed by atoms with Gasteiger partial charge >= 0.3 is 0 Å². The molecule has 1 aliphatic carbocycles. The molecule has 2 spiro atoms. The molecule has 6 nitrogen and oxygen atoms in total. The molecule has 5 heterocycles. The van der Waals surface area contributed by atoms with Gasteiger partial charge in [-0.2, -0.15) is 0 Å². The molecular formula is C26H36N6. The standard InChI is InChI=1S/C26H36N6/c1-21-5-2-6-23(29-21)16-30-13-3-9-25(10-14-30)19-32(24-27-11-4-12-28-24)20-26(25)17-31(18-26)15-22-7-8-22/h2,4-6,11-12,22H,3,7-10,13-20H2,1H3. The molecule has 0 radical (unpaired) electrons. The van der Waals surface area contributed by atoms with E-state index in [9.17, 15) is 0 Å². The summed E-state index contributed by atoms with van der Waals surface area (Å²) in [7, 11) is 0. The van der Waals surface area contributed by atoms with Gasteiger partial charge in [-0.05, 0) is 81.6 Å². The molecule has 2 aromatic rings. The van der Waals surface area contributed by atoms with Gasteiger partial charge in [0, 0.05) is 62.8 Å². The molecule has 3 saturated heterocycles. The first kappa shape index (κ1) is 20.5. The molecule has 4 aliphatic rings. The number of aryl methyl sites for hydroxylation is 1. The van der Waals surface area contributed by atoms with Crippen LogP contribution in [0.5, 0.6) is 0 Å². The molecule has 6 heteroatoms. The third-order valence-corrected chi connectivity index (χ3v) is 8.58. The minimum absolute atomic E-state index is 0.376. The zero-order chi connectivity index (χ0) is 21.6. The van der Waals surface area contributed by atoms with Crippen molar-refractivity contribution in [2.45, 2.75) is 45.6 Å². The molecule has 0 bridgehead atoms. The van der Waals surface area contributed by atoms with Crippen LogP contribution in [0.25, 0.3) is 0 Å². The zero-order valence-corrected chi connectivity index (χ0v) is 19.4. The third-order valence-electron chi connectivity index (χ3n) is 8.58. The normalized spacial score (nSPS) is 28.2. The highest BCUT2D eigenvalue weighted by molar-refractivity contribution is 5.37. The van der Waals surface area contributed by atoms with Crippen molar-refractivity contribution < 1.29 is 0 Å². The Kier molecular flexibility index (Phi) is 5.18. The Morgan fingerprint density at radius 1 is 0.906 bits per heavy atom. The van der Waals surface area contributed by atoms with Crippen molar-refractivity contribution in [2.75, 3.05) is 50.7 Å². The van der Waals surface area contributed by atoms with Gasteiger partial charge < -0.3 is 9.80 Å². The lowest BCUT2D eigenvalue weighted by Gasteiger charge is -2.57. The Hall–Kier alpha value is -2.05. The quantitative estimate of drug-likeness (QED) is 0.722. The monoisotopic (exact) mass is 432 g/mol. The SMILES string of the molecule is Cc1cccc(CN2CCCC3(CC2)CN(c2ncccn2)CC32CN(CC3CC3)C2)n1. The number of nitrogens with zero attached hydrogens (tertiary/aromatic N) is 6. The van der Waals surface area contributed by atoms with Gasteiger partial charge in [-0.1, -0.05) is 6.07 Å². The van der Waals surface area contributed by atoms with E-state index in [0.29, 0.717) is 10.8 Å². The van der Waals surface area contributed by atoms with E-state index in [-0.39, 0.29) is 0 Å². The average molecular weight is 433 g/mol. The number of anilines is 1. The van der Waals surface area contributed by atoms with Crippen molar-refractivity contribution in [1.82, 2.24) is 24.8 Å². The number of hydrogen-bond donors (Lipinski definition) is 0. The maximum Gasteiger partial charge on any atom is 0.225 e. The van der Waals surface area contributed by atoms with E-state index in [1.54, 1.807) is 0 Å². The van der Waals surface area contributed by atoms with Gasteiger partial charge in [0.2, 0.25) is 5.95 Å². The van der Waals surface area contributed by atoms with Crippen LogP contribution in [0, 0.1) is 23.7 Å². The lowest BCUT2D eigenvalue weighted by atomic mass is 9.58. The highest BCUT2D eigenvalue weighted by Gasteiger charge is 2.63. The second-order valence-electron chi connectivity index (χ2n) is 11.0. The van der Waals surface area contributed by atoms with Crippen molar-refractivity contribution in [3.63, 3.8) is 0 Å². The van der Waals surface area contributed by atoms with Gasteiger partial charge in [0.25, 0.3) is 0 Å². The van der Waals surface area contributed by atoms with E-state index in [0.717, 1.165) is 37.2 Å². The molecule has 1 saturated carbocycles. The van der Waals surface area contributed by atoms with Gasteiger partial charge in [0.15, 0.2) is 0 Å². The van der Waals surface area contributed by atoms with Crippen molar-refractivity contribution in [1.29, 1.82) is 0 Å². The van der Waals surface area contributed by atoms with Crippen molar-refractivity contribution in [3.8, 4) is 0 Å². The fraction of sp³-hybridized carbons (Fsp3) is 0.654. The summed E-state index contributed by atoms with van der Waals surface area (Å²) >= 11 is 0. The highest BCUT2D eigenvalue weighted by atomic mass is 15.3. The number of aromatic nitrogens is 3. The minimum Gasteiger partial charge on any atom is -0.340 e. The predicted molar refractivity (Wildman–Crippen MR) is 126 cm³/mol. The molecule has 1 atom stereocenters. The van der Waals surface area contributed by atoms with Crippen molar-refractivity contribution in [2.24, 2.45) is 16.7 Å². The average Bonchev–Trinajstić information content (AvgIpc) is 3.55. The number of hydrogen-bond acceptors (Lipinski definition) is 6. The number of likely N-dealkylation sites (tertiary alicyclic amines) is 2. The van der Waals surface area contributed by atoms with E-state index in [2.05, 4.69) is 49.8 Å². The summed E-state index contributed by atoms with van der Waals surface area (Å²) in [6, 6.07) is 8.34. The first-order valence-electron chi connectivity index (χ1n) is 12.5. The van der Waals surface area contributed by atoms with Crippen molar-refractivity contribution >= 4 is 5.95 Å². The molecule has 1 unspecified atom stereocenters. The number of fused-ring (bicyclic) bond motifs is 1. The third kappa shape index (κ3) is 3.81. The van der Waals surface area contributed by atoms with E-state index >= 15 is 0 Å². The largest absolute Gasteiger partial charge is 0.340 e. The van der Waals surface area contributed by atoms with Gasteiger partial charge in [0.1, 0.15) is 0 Å². The fourth-order valence-corrected chi connectivity index (χ4v) is 6.77. The molecule has 0 aromatic carbocycles. The summed E-state index contributed by atoms with van der Waals surface area (Å²) in [6.45, 7) is 11.5. The summed E-state index contributed by atoms with van der Waals surface area (Å²) in [4.78, 5) is 21.9. The summed E-state index contributed by atoms with van der Waals surface area (Å²) in [6.07, 6.45) is 10.6. The van der Waals surface area contributed by atoms with Crippen LogP contribution >= 0.6 is 0 Å². The molecule has 170 valence electrons. The topological polar surface area (TPSA) is 48.4 Å².